The first-order valence-electron chi connectivity index (χ1n) is 5.25. The van der Waals surface area contributed by atoms with Crippen LogP contribution in [0.25, 0.3) is 0 Å². The Kier molecular flexibility index (Phi) is 9.74. The zero-order chi connectivity index (χ0) is 10.1. The molecular weight excluding hydrogens is 275 g/mol. The second-order valence-corrected chi connectivity index (χ2v) is 5.13. The highest BCUT2D eigenvalue weighted by Crippen LogP contribution is 2.18. The number of halogens is 1. The topological polar surface area (TPSA) is 9.23 Å². The fraction of sp³-hybridized carbons (Fsp3) is 1.00. The first-order chi connectivity index (χ1) is 6.20. The van der Waals surface area contributed by atoms with Crippen LogP contribution in [0, 0.1) is 11.8 Å². The maximum Gasteiger partial charge on any atom is 0.0464 e. The second-order valence-electron chi connectivity index (χ2n) is 4.05. The van der Waals surface area contributed by atoms with E-state index in [1.54, 1.807) is 7.11 Å². The van der Waals surface area contributed by atoms with Crippen molar-refractivity contribution < 1.29 is 4.74 Å². The first-order valence-corrected chi connectivity index (χ1v) is 6.78. The van der Waals surface area contributed by atoms with E-state index in [9.17, 15) is 0 Å². The van der Waals surface area contributed by atoms with Gasteiger partial charge < -0.3 is 4.74 Å². The van der Waals surface area contributed by atoms with Gasteiger partial charge in [-0.05, 0) is 29.1 Å². The number of methoxy groups -OCH3 is 1. The lowest BCUT2D eigenvalue weighted by Gasteiger charge is -2.14. The van der Waals surface area contributed by atoms with E-state index in [1.165, 1.54) is 30.1 Å². The standard InChI is InChI=1S/C11H23IO/c1-10(6-8-12)4-5-11(2)7-9-13-3/h10-11H,4-9H2,1-3H3. The molecule has 0 spiro atoms. The van der Waals surface area contributed by atoms with Gasteiger partial charge in [0.15, 0.2) is 0 Å². The summed E-state index contributed by atoms with van der Waals surface area (Å²) in [6, 6.07) is 0. The van der Waals surface area contributed by atoms with Crippen LogP contribution in [0.3, 0.4) is 0 Å². The Morgan fingerprint density at radius 1 is 1.00 bits per heavy atom. The molecule has 0 bridgehead atoms. The lowest BCUT2D eigenvalue weighted by Crippen LogP contribution is -2.03. The SMILES string of the molecule is COCCC(C)CCC(C)CCI. The van der Waals surface area contributed by atoms with Crippen molar-refractivity contribution in [2.75, 3.05) is 18.1 Å². The van der Waals surface area contributed by atoms with Crippen molar-refractivity contribution in [1.82, 2.24) is 0 Å². The zero-order valence-corrected chi connectivity index (χ0v) is 11.3. The Labute approximate surface area is 96.8 Å². The molecule has 80 valence electrons. The molecule has 0 aromatic carbocycles. The highest BCUT2D eigenvalue weighted by Gasteiger charge is 2.05. The molecule has 0 saturated carbocycles. The van der Waals surface area contributed by atoms with Gasteiger partial charge in [0, 0.05) is 13.7 Å². The van der Waals surface area contributed by atoms with Crippen LogP contribution in [0.15, 0.2) is 0 Å². The smallest absolute Gasteiger partial charge is 0.0464 e. The molecule has 1 nitrogen and oxygen atoms in total. The van der Waals surface area contributed by atoms with Crippen LogP contribution in [0.5, 0.6) is 0 Å². The fourth-order valence-corrected chi connectivity index (χ4v) is 2.43. The predicted octanol–water partition coefficient (Wildman–Crippen LogP) is 3.90. The van der Waals surface area contributed by atoms with Gasteiger partial charge in [-0.15, -0.1) is 0 Å². The molecule has 0 aliphatic rings. The van der Waals surface area contributed by atoms with Gasteiger partial charge >= 0.3 is 0 Å². The number of alkyl halides is 1. The van der Waals surface area contributed by atoms with Crippen LogP contribution in [-0.2, 0) is 4.74 Å². The van der Waals surface area contributed by atoms with Crippen molar-refractivity contribution in [3.63, 3.8) is 0 Å². The summed E-state index contributed by atoms with van der Waals surface area (Å²) in [4.78, 5) is 0. The normalized spacial score (nSPS) is 15.7. The summed E-state index contributed by atoms with van der Waals surface area (Å²) < 4.78 is 6.36. The first kappa shape index (κ1) is 13.7. The van der Waals surface area contributed by atoms with E-state index in [4.69, 9.17) is 4.74 Å². The van der Waals surface area contributed by atoms with Crippen LogP contribution < -0.4 is 0 Å². The van der Waals surface area contributed by atoms with E-state index in [2.05, 4.69) is 36.4 Å². The van der Waals surface area contributed by atoms with Crippen molar-refractivity contribution in [1.29, 1.82) is 0 Å². The summed E-state index contributed by atoms with van der Waals surface area (Å²) in [5.74, 6) is 1.73. The minimum atomic E-state index is 0.830. The molecule has 0 rings (SSSR count). The van der Waals surface area contributed by atoms with Crippen LogP contribution in [0.1, 0.15) is 39.5 Å². The summed E-state index contributed by atoms with van der Waals surface area (Å²) in [5, 5.41) is 0. The maximum absolute atomic E-state index is 5.07. The van der Waals surface area contributed by atoms with Crippen LogP contribution in [0.4, 0.5) is 0 Å². The molecule has 0 N–H and O–H groups in total. The Bertz CT molecular complexity index is 106. The molecule has 2 unspecified atom stereocenters. The van der Waals surface area contributed by atoms with E-state index in [0.29, 0.717) is 0 Å². The third-order valence-electron chi connectivity index (χ3n) is 2.57. The van der Waals surface area contributed by atoms with Gasteiger partial charge in [0.05, 0.1) is 0 Å². The highest BCUT2D eigenvalue weighted by molar-refractivity contribution is 14.1. The summed E-state index contributed by atoms with van der Waals surface area (Å²) in [5.41, 5.74) is 0. The largest absolute Gasteiger partial charge is 0.385 e. The minimum absolute atomic E-state index is 0.830. The van der Waals surface area contributed by atoms with E-state index in [-0.39, 0.29) is 0 Å². The van der Waals surface area contributed by atoms with Gasteiger partial charge in [0.1, 0.15) is 0 Å². The Hall–Kier alpha value is 0.690. The Balaban J connectivity index is 3.29. The molecule has 0 heterocycles. The summed E-state index contributed by atoms with van der Waals surface area (Å²) in [6.45, 7) is 5.61. The van der Waals surface area contributed by atoms with Crippen molar-refractivity contribution in [3.8, 4) is 0 Å². The van der Waals surface area contributed by atoms with Crippen molar-refractivity contribution in [2.45, 2.75) is 39.5 Å². The van der Waals surface area contributed by atoms with E-state index in [1.807, 2.05) is 0 Å². The van der Waals surface area contributed by atoms with Gasteiger partial charge in [-0.3, -0.25) is 0 Å². The molecular formula is C11H23IO. The molecule has 0 aliphatic heterocycles. The molecule has 0 amide bonds. The number of rotatable bonds is 8. The van der Waals surface area contributed by atoms with Gasteiger partial charge in [-0.1, -0.05) is 49.3 Å². The van der Waals surface area contributed by atoms with Crippen molar-refractivity contribution in [3.05, 3.63) is 0 Å². The number of ether oxygens (including phenoxy) is 1. The molecule has 0 aromatic rings. The molecule has 2 heteroatoms. The van der Waals surface area contributed by atoms with Crippen LogP contribution >= 0.6 is 22.6 Å². The van der Waals surface area contributed by atoms with E-state index < -0.39 is 0 Å². The summed E-state index contributed by atoms with van der Waals surface area (Å²) in [6.07, 6.45) is 5.33. The monoisotopic (exact) mass is 298 g/mol. The van der Waals surface area contributed by atoms with Gasteiger partial charge in [0.2, 0.25) is 0 Å². The molecule has 2 atom stereocenters. The van der Waals surface area contributed by atoms with Gasteiger partial charge in [-0.2, -0.15) is 0 Å². The van der Waals surface area contributed by atoms with Crippen LogP contribution in [-0.4, -0.2) is 18.1 Å². The molecule has 13 heavy (non-hydrogen) atoms. The quantitative estimate of drug-likeness (QED) is 0.488. The molecule has 0 radical (unpaired) electrons. The summed E-state index contributed by atoms with van der Waals surface area (Å²) in [7, 11) is 1.78. The zero-order valence-electron chi connectivity index (χ0n) is 9.18. The second kappa shape index (κ2) is 9.25. The lowest BCUT2D eigenvalue weighted by molar-refractivity contribution is 0.176. The average molecular weight is 298 g/mol. The number of hydrogen-bond donors (Lipinski definition) is 0. The lowest BCUT2D eigenvalue weighted by atomic mass is 9.95. The number of hydrogen-bond acceptors (Lipinski definition) is 1. The van der Waals surface area contributed by atoms with E-state index in [0.717, 1.165) is 18.4 Å². The summed E-state index contributed by atoms with van der Waals surface area (Å²) >= 11 is 2.46. The third kappa shape index (κ3) is 9.01. The third-order valence-corrected chi connectivity index (χ3v) is 3.19. The Morgan fingerprint density at radius 2 is 1.54 bits per heavy atom. The average Bonchev–Trinajstić information content (AvgIpc) is 2.12. The predicted molar refractivity (Wildman–Crippen MR) is 67.6 cm³/mol. The minimum Gasteiger partial charge on any atom is -0.385 e. The Morgan fingerprint density at radius 3 is 2.00 bits per heavy atom. The van der Waals surface area contributed by atoms with Crippen LogP contribution in [0.2, 0.25) is 0 Å². The molecule has 0 aromatic heterocycles. The molecule has 0 fully saturated rings. The van der Waals surface area contributed by atoms with E-state index >= 15 is 0 Å². The van der Waals surface area contributed by atoms with Crippen molar-refractivity contribution >= 4 is 22.6 Å². The fourth-order valence-electron chi connectivity index (χ4n) is 1.36. The molecule has 0 aliphatic carbocycles. The van der Waals surface area contributed by atoms with Gasteiger partial charge in [0.25, 0.3) is 0 Å². The highest BCUT2D eigenvalue weighted by atomic mass is 127. The molecule has 0 saturated heterocycles. The maximum atomic E-state index is 5.07. The van der Waals surface area contributed by atoms with Crippen molar-refractivity contribution in [2.24, 2.45) is 11.8 Å². The van der Waals surface area contributed by atoms with Gasteiger partial charge in [-0.25, -0.2) is 0 Å².